The molecule has 1 N–H and O–H groups in total. The lowest BCUT2D eigenvalue weighted by atomic mass is 9.84. The highest BCUT2D eigenvalue weighted by atomic mass is 16.3. The van der Waals surface area contributed by atoms with Gasteiger partial charge in [-0.05, 0) is 87.9 Å². The summed E-state index contributed by atoms with van der Waals surface area (Å²) in [4.78, 5) is 17.2. The topological polar surface area (TPSA) is 70.1 Å². The van der Waals surface area contributed by atoms with Gasteiger partial charge in [-0.25, -0.2) is 0 Å². The van der Waals surface area contributed by atoms with Gasteiger partial charge in [-0.1, -0.05) is 13.0 Å². The van der Waals surface area contributed by atoms with E-state index >= 15 is 0 Å². The van der Waals surface area contributed by atoms with Crippen LogP contribution in [0, 0.1) is 6.92 Å². The molecule has 2 aliphatic heterocycles. The Balaban J connectivity index is 1.21. The van der Waals surface area contributed by atoms with E-state index in [-0.39, 0.29) is 5.91 Å². The van der Waals surface area contributed by atoms with Crippen LogP contribution < -0.4 is 0 Å². The van der Waals surface area contributed by atoms with E-state index in [2.05, 4.69) is 17.9 Å². The van der Waals surface area contributed by atoms with E-state index in [9.17, 15) is 9.90 Å². The number of carbonyl (C=O) groups is 1. The number of nitrogens with zero attached hydrogens (tertiary/aromatic N) is 2. The zero-order valence-electron chi connectivity index (χ0n) is 20.4. The van der Waals surface area contributed by atoms with Gasteiger partial charge in [-0.3, -0.25) is 4.79 Å². The Bertz CT molecular complexity index is 1130. The predicted molar refractivity (Wildman–Crippen MR) is 132 cm³/mol. The van der Waals surface area contributed by atoms with Gasteiger partial charge in [-0.15, -0.1) is 0 Å². The summed E-state index contributed by atoms with van der Waals surface area (Å²) < 4.78 is 11.7. The van der Waals surface area contributed by atoms with E-state index in [1.54, 1.807) is 0 Å². The molecule has 6 nitrogen and oxygen atoms in total. The summed E-state index contributed by atoms with van der Waals surface area (Å²) in [6.07, 6.45) is 5.74. The number of amides is 1. The first kappa shape index (κ1) is 23.2. The van der Waals surface area contributed by atoms with Crippen molar-refractivity contribution < 1.29 is 18.7 Å². The highest BCUT2D eigenvalue weighted by Gasteiger charge is 2.34. The number of aliphatic hydroxyl groups is 1. The van der Waals surface area contributed by atoms with Crippen LogP contribution in [0.25, 0.3) is 11.0 Å². The number of benzene rings is 1. The molecule has 4 heterocycles. The smallest absolute Gasteiger partial charge is 0.289 e. The van der Waals surface area contributed by atoms with Gasteiger partial charge in [0.15, 0.2) is 5.76 Å². The third-order valence-corrected chi connectivity index (χ3v) is 7.72. The third kappa shape index (κ3) is 4.80. The normalized spacial score (nSPS) is 20.0. The van der Waals surface area contributed by atoms with Crippen molar-refractivity contribution in [3.05, 3.63) is 59.2 Å². The number of hydrogen-bond donors (Lipinski definition) is 1. The van der Waals surface area contributed by atoms with E-state index in [0.29, 0.717) is 30.1 Å². The minimum atomic E-state index is -0.845. The lowest BCUT2D eigenvalue weighted by molar-refractivity contribution is -0.0262. The number of fused-ring (bicyclic) bond motifs is 1. The maximum atomic E-state index is 12.8. The fourth-order valence-electron chi connectivity index (χ4n) is 5.36. The lowest BCUT2D eigenvalue weighted by Gasteiger charge is -2.38. The standard InChI is InChI=1S/C28H36N2O4/c1-20(24-8-6-21(2)33-24)10-15-29-16-11-28(32,12-17-29)23-7-9-25-22(18-23)19-26(34-25)27(31)30-13-4-3-5-14-30/h6-9,18-20,32H,3-5,10-17H2,1-2H3. The molecule has 182 valence electrons. The van der Waals surface area contributed by atoms with Gasteiger partial charge in [-0.2, -0.15) is 0 Å². The Kier molecular flexibility index (Phi) is 6.54. The summed E-state index contributed by atoms with van der Waals surface area (Å²) >= 11 is 0. The first-order valence-electron chi connectivity index (χ1n) is 12.8. The molecule has 1 amide bonds. The number of likely N-dealkylation sites (tertiary alicyclic amines) is 2. The molecule has 2 aromatic heterocycles. The maximum absolute atomic E-state index is 12.8. The second kappa shape index (κ2) is 9.59. The summed E-state index contributed by atoms with van der Waals surface area (Å²) in [5.74, 6) is 2.78. The van der Waals surface area contributed by atoms with E-state index in [4.69, 9.17) is 8.83 Å². The third-order valence-electron chi connectivity index (χ3n) is 7.72. The van der Waals surface area contributed by atoms with Gasteiger partial charge < -0.3 is 23.7 Å². The zero-order valence-corrected chi connectivity index (χ0v) is 20.4. The van der Waals surface area contributed by atoms with Gasteiger partial charge in [0, 0.05) is 37.5 Å². The predicted octanol–water partition coefficient (Wildman–Crippen LogP) is 5.44. The largest absolute Gasteiger partial charge is 0.466 e. The van der Waals surface area contributed by atoms with Crippen LogP contribution in [0.1, 0.15) is 79.0 Å². The van der Waals surface area contributed by atoms with Gasteiger partial charge in [0.1, 0.15) is 17.1 Å². The first-order valence-corrected chi connectivity index (χ1v) is 12.8. The SMILES string of the molecule is Cc1ccc(C(C)CCN2CCC(O)(c3ccc4oc(C(=O)N5CCCCC5)cc4c3)CC2)o1. The van der Waals surface area contributed by atoms with Crippen molar-refractivity contribution in [1.82, 2.24) is 9.80 Å². The molecule has 1 unspecified atom stereocenters. The van der Waals surface area contributed by atoms with Crippen molar-refractivity contribution >= 4 is 16.9 Å². The van der Waals surface area contributed by atoms with Crippen molar-refractivity contribution in [2.24, 2.45) is 0 Å². The molecule has 34 heavy (non-hydrogen) atoms. The lowest BCUT2D eigenvalue weighted by Crippen LogP contribution is -2.43. The average Bonchev–Trinajstić information content (AvgIpc) is 3.49. The van der Waals surface area contributed by atoms with Crippen molar-refractivity contribution in [1.29, 1.82) is 0 Å². The Morgan fingerprint density at radius 1 is 1.03 bits per heavy atom. The van der Waals surface area contributed by atoms with E-state index in [1.807, 2.05) is 42.2 Å². The van der Waals surface area contributed by atoms with Crippen molar-refractivity contribution in [3.63, 3.8) is 0 Å². The highest BCUT2D eigenvalue weighted by Crippen LogP contribution is 2.35. The minimum absolute atomic E-state index is 0.0246. The molecule has 0 radical (unpaired) electrons. The van der Waals surface area contributed by atoms with Crippen molar-refractivity contribution in [2.45, 2.75) is 63.9 Å². The number of rotatable bonds is 6. The van der Waals surface area contributed by atoms with Crippen LogP contribution in [0.2, 0.25) is 0 Å². The Labute approximate surface area is 201 Å². The van der Waals surface area contributed by atoms with E-state index in [1.165, 1.54) is 6.42 Å². The molecule has 0 bridgehead atoms. The number of aryl methyl sites for hydroxylation is 1. The minimum Gasteiger partial charge on any atom is -0.466 e. The van der Waals surface area contributed by atoms with Crippen LogP contribution in [0.4, 0.5) is 0 Å². The van der Waals surface area contributed by atoms with E-state index < -0.39 is 5.60 Å². The van der Waals surface area contributed by atoms with Crippen LogP contribution in [0.5, 0.6) is 0 Å². The summed E-state index contributed by atoms with van der Waals surface area (Å²) in [5.41, 5.74) is 0.770. The molecule has 2 saturated heterocycles. The quantitative estimate of drug-likeness (QED) is 0.526. The zero-order chi connectivity index (χ0) is 23.7. The second-order valence-electron chi connectivity index (χ2n) is 10.2. The molecule has 0 saturated carbocycles. The molecule has 5 rings (SSSR count). The van der Waals surface area contributed by atoms with Crippen LogP contribution >= 0.6 is 0 Å². The Hall–Kier alpha value is -2.57. The maximum Gasteiger partial charge on any atom is 0.289 e. The fourth-order valence-corrected chi connectivity index (χ4v) is 5.36. The van der Waals surface area contributed by atoms with Crippen LogP contribution in [-0.2, 0) is 5.60 Å². The molecule has 2 aliphatic rings. The summed E-state index contributed by atoms with van der Waals surface area (Å²) in [6, 6.07) is 11.8. The molecule has 0 aliphatic carbocycles. The summed E-state index contributed by atoms with van der Waals surface area (Å²) in [5, 5.41) is 12.3. The number of hydrogen-bond acceptors (Lipinski definition) is 5. The summed E-state index contributed by atoms with van der Waals surface area (Å²) in [6.45, 7) is 8.53. The number of furan rings is 2. The van der Waals surface area contributed by atoms with Gasteiger partial charge in [0.25, 0.3) is 5.91 Å². The molecule has 1 aromatic carbocycles. The van der Waals surface area contributed by atoms with Gasteiger partial charge >= 0.3 is 0 Å². The molecule has 6 heteroatoms. The Morgan fingerprint density at radius 2 is 1.79 bits per heavy atom. The summed E-state index contributed by atoms with van der Waals surface area (Å²) in [7, 11) is 0. The van der Waals surface area contributed by atoms with Crippen LogP contribution in [0.3, 0.4) is 0 Å². The molecule has 2 fully saturated rings. The van der Waals surface area contributed by atoms with Gasteiger partial charge in [0.2, 0.25) is 0 Å². The Morgan fingerprint density at radius 3 is 2.50 bits per heavy atom. The van der Waals surface area contributed by atoms with Crippen molar-refractivity contribution in [2.75, 3.05) is 32.7 Å². The molecule has 3 aromatic rings. The average molecular weight is 465 g/mol. The van der Waals surface area contributed by atoms with Crippen LogP contribution in [-0.4, -0.2) is 53.5 Å². The fraction of sp³-hybridized carbons (Fsp3) is 0.536. The molecule has 0 spiro atoms. The van der Waals surface area contributed by atoms with Crippen molar-refractivity contribution in [3.8, 4) is 0 Å². The number of piperidine rings is 2. The van der Waals surface area contributed by atoms with Gasteiger partial charge in [0.05, 0.1) is 5.60 Å². The molecule has 1 atom stereocenters. The second-order valence-corrected chi connectivity index (χ2v) is 10.2. The number of carbonyl (C=O) groups excluding carboxylic acids is 1. The first-order chi connectivity index (χ1) is 16.4. The highest BCUT2D eigenvalue weighted by molar-refractivity contribution is 5.96. The van der Waals surface area contributed by atoms with E-state index in [0.717, 1.165) is 74.5 Å². The molecular formula is C28H36N2O4. The van der Waals surface area contributed by atoms with Crippen LogP contribution in [0.15, 0.2) is 45.2 Å². The molecular weight excluding hydrogens is 428 g/mol. The monoisotopic (exact) mass is 464 g/mol.